The lowest BCUT2D eigenvalue weighted by Gasteiger charge is -2.18. The third-order valence-corrected chi connectivity index (χ3v) is 2.24. The largest absolute Gasteiger partial charge is 0.323 e. The van der Waals surface area contributed by atoms with E-state index in [1.54, 1.807) is 26.0 Å². The summed E-state index contributed by atoms with van der Waals surface area (Å²) in [7, 11) is 0. The predicted molar refractivity (Wildman–Crippen MR) is 63.1 cm³/mol. The van der Waals surface area contributed by atoms with Gasteiger partial charge in [0.1, 0.15) is 0 Å². The van der Waals surface area contributed by atoms with Crippen molar-refractivity contribution in [2.75, 3.05) is 5.32 Å². The first kappa shape index (κ1) is 12.5. The molecular formula is C11H12ClN3O. The lowest BCUT2D eigenvalue weighted by Crippen LogP contribution is -2.45. The first-order chi connectivity index (χ1) is 7.34. The molecule has 0 saturated heterocycles. The second-order valence-electron chi connectivity index (χ2n) is 3.98. The van der Waals surface area contributed by atoms with Gasteiger partial charge >= 0.3 is 0 Å². The second kappa shape index (κ2) is 4.52. The van der Waals surface area contributed by atoms with Gasteiger partial charge in [0.2, 0.25) is 5.91 Å². The minimum Gasteiger partial charge on any atom is -0.323 e. The van der Waals surface area contributed by atoms with Crippen LogP contribution in [-0.2, 0) is 4.79 Å². The number of nitrogens with zero attached hydrogens (tertiary/aromatic N) is 1. The number of hydrogen-bond acceptors (Lipinski definition) is 3. The summed E-state index contributed by atoms with van der Waals surface area (Å²) in [5.41, 5.74) is 5.54. The molecule has 84 valence electrons. The van der Waals surface area contributed by atoms with Gasteiger partial charge in [0.05, 0.1) is 27.9 Å². The summed E-state index contributed by atoms with van der Waals surface area (Å²) in [6.07, 6.45) is 0. The molecule has 1 rings (SSSR count). The molecule has 0 aliphatic rings. The first-order valence-corrected chi connectivity index (χ1v) is 5.02. The number of amides is 1. The van der Waals surface area contributed by atoms with Crippen molar-refractivity contribution in [2.45, 2.75) is 19.4 Å². The van der Waals surface area contributed by atoms with E-state index in [4.69, 9.17) is 22.6 Å². The Hall–Kier alpha value is -1.57. The molecule has 0 aromatic heterocycles. The number of benzene rings is 1. The van der Waals surface area contributed by atoms with E-state index in [0.717, 1.165) is 0 Å². The van der Waals surface area contributed by atoms with Crippen LogP contribution < -0.4 is 11.1 Å². The van der Waals surface area contributed by atoms with Crippen molar-refractivity contribution in [2.24, 2.45) is 5.73 Å². The molecule has 0 aliphatic carbocycles. The molecule has 0 fully saturated rings. The van der Waals surface area contributed by atoms with Crippen molar-refractivity contribution in [1.29, 1.82) is 5.26 Å². The summed E-state index contributed by atoms with van der Waals surface area (Å²) in [6, 6.07) is 6.59. The van der Waals surface area contributed by atoms with E-state index in [2.05, 4.69) is 5.32 Å². The predicted octanol–water partition coefficient (Wildman–Crippen LogP) is 1.89. The van der Waals surface area contributed by atoms with E-state index in [-0.39, 0.29) is 5.91 Å². The average Bonchev–Trinajstić information content (AvgIpc) is 2.19. The lowest BCUT2D eigenvalue weighted by molar-refractivity contribution is -0.120. The number of halogens is 1. The van der Waals surface area contributed by atoms with Gasteiger partial charge in [0, 0.05) is 0 Å². The van der Waals surface area contributed by atoms with Crippen molar-refractivity contribution in [3.8, 4) is 6.07 Å². The van der Waals surface area contributed by atoms with Crippen molar-refractivity contribution >= 4 is 23.2 Å². The van der Waals surface area contributed by atoms with Gasteiger partial charge < -0.3 is 11.1 Å². The monoisotopic (exact) mass is 237 g/mol. The molecule has 5 heteroatoms. The van der Waals surface area contributed by atoms with Crippen LogP contribution >= 0.6 is 11.6 Å². The molecule has 0 radical (unpaired) electrons. The van der Waals surface area contributed by atoms with Gasteiger partial charge in [-0.05, 0) is 32.0 Å². The minimum atomic E-state index is -0.975. The minimum absolute atomic E-state index is 0.316. The molecule has 3 N–H and O–H groups in total. The summed E-state index contributed by atoms with van der Waals surface area (Å²) in [4.78, 5) is 11.6. The van der Waals surface area contributed by atoms with Crippen LogP contribution in [0.15, 0.2) is 18.2 Å². The quantitative estimate of drug-likeness (QED) is 0.824. The maximum absolute atomic E-state index is 11.6. The molecule has 1 aromatic carbocycles. The fourth-order valence-electron chi connectivity index (χ4n) is 0.969. The Kier molecular flexibility index (Phi) is 3.53. The molecule has 0 saturated carbocycles. The first-order valence-electron chi connectivity index (χ1n) is 4.64. The molecule has 0 spiro atoms. The maximum atomic E-state index is 11.6. The number of nitriles is 1. The van der Waals surface area contributed by atoms with Crippen LogP contribution in [0.5, 0.6) is 0 Å². The van der Waals surface area contributed by atoms with Gasteiger partial charge in [-0.15, -0.1) is 0 Å². The molecule has 0 atom stereocenters. The maximum Gasteiger partial charge on any atom is 0.243 e. The number of carbonyl (C=O) groups is 1. The Balaban J connectivity index is 2.92. The standard InChI is InChI=1S/C11H12ClN3O/c1-11(2,14)10(16)15-9-4-3-7(6-13)5-8(9)12/h3-5H,14H2,1-2H3,(H,15,16). The summed E-state index contributed by atoms with van der Waals surface area (Å²) in [5, 5.41) is 11.6. The molecule has 0 bridgehead atoms. The molecule has 1 aromatic rings. The van der Waals surface area contributed by atoms with Gasteiger partial charge in [0.25, 0.3) is 0 Å². The van der Waals surface area contributed by atoms with Crippen LogP contribution in [0.2, 0.25) is 5.02 Å². The number of hydrogen-bond donors (Lipinski definition) is 2. The fraction of sp³-hybridized carbons (Fsp3) is 0.273. The highest BCUT2D eigenvalue weighted by Gasteiger charge is 2.22. The Labute approximate surface area is 99.0 Å². The number of nitrogens with two attached hydrogens (primary N) is 1. The van der Waals surface area contributed by atoms with Crippen molar-refractivity contribution < 1.29 is 4.79 Å². The van der Waals surface area contributed by atoms with E-state index >= 15 is 0 Å². The number of rotatable bonds is 2. The smallest absolute Gasteiger partial charge is 0.243 e. The highest BCUT2D eigenvalue weighted by Crippen LogP contribution is 2.23. The van der Waals surface area contributed by atoms with Gasteiger partial charge in [-0.25, -0.2) is 0 Å². The highest BCUT2D eigenvalue weighted by atomic mass is 35.5. The Morgan fingerprint density at radius 1 is 1.56 bits per heavy atom. The van der Waals surface area contributed by atoms with Crippen molar-refractivity contribution in [3.05, 3.63) is 28.8 Å². The summed E-state index contributed by atoms with van der Waals surface area (Å²) in [6.45, 7) is 3.19. The third-order valence-electron chi connectivity index (χ3n) is 1.93. The van der Waals surface area contributed by atoms with Gasteiger partial charge in [-0.2, -0.15) is 5.26 Å². The van der Waals surface area contributed by atoms with E-state index in [1.165, 1.54) is 6.07 Å². The van der Waals surface area contributed by atoms with Crippen molar-refractivity contribution in [1.82, 2.24) is 0 Å². The SMILES string of the molecule is CC(C)(N)C(=O)Nc1ccc(C#N)cc1Cl. The fourth-order valence-corrected chi connectivity index (χ4v) is 1.20. The zero-order valence-electron chi connectivity index (χ0n) is 9.04. The molecule has 1 amide bonds. The number of carbonyl (C=O) groups excluding carboxylic acids is 1. The lowest BCUT2D eigenvalue weighted by atomic mass is 10.1. The molecule has 16 heavy (non-hydrogen) atoms. The zero-order chi connectivity index (χ0) is 12.3. The van der Waals surface area contributed by atoms with E-state index < -0.39 is 5.54 Å². The molecule has 0 aliphatic heterocycles. The van der Waals surface area contributed by atoms with Gasteiger partial charge in [-0.1, -0.05) is 11.6 Å². The van der Waals surface area contributed by atoms with Crippen LogP contribution in [0.3, 0.4) is 0 Å². The van der Waals surface area contributed by atoms with Crippen LogP contribution in [-0.4, -0.2) is 11.4 Å². The van der Waals surface area contributed by atoms with E-state index in [0.29, 0.717) is 16.3 Å². The van der Waals surface area contributed by atoms with E-state index in [1.807, 2.05) is 6.07 Å². The van der Waals surface area contributed by atoms with Crippen LogP contribution in [0.4, 0.5) is 5.69 Å². The molecular weight excluding hydrogens is 226 g/mol. The Morgan fingerprint density at radius 2 is 2.19 bits per heavy atom. The zero-order valence-corrected chi connectivity index (χ0v) is 9.80. The summed E-state index contributed by atoms with van der Waals surface area (Å²) < 4.78 is 0. The van der Waals surface area contributed by atoms with Crippen LogP contribution in [0.1, 0.15) is 19.4 Å². The number of nitrogens with one attached hydrogen (secondary N) is 1. The van der Waals surface area contributed by atoms with E-state index in [9.17, 15) is 4.79 Å². The van der Waals surface area contributed by atoms with Crippen LogP contribution in [0.25, 0.3) is 0 Å². The number of anilines is 1. The second-order valence-corrected chi connectivity index (χ2v) is 4.39. The van der Waals surface area contributed by atoms with Crippen LogP contribution in [0, 0.1) is 11.3 Å². The summed E-state index contributed by atoms with van der Waals surface area (Å²) >= 11 is 5.90. The molecule has 0 heterocycles. The summed E-state index contributed by atoms with van der Waals surface area (Å²) in [5.74, 6) is -0.334. The average molecular weight is 238 g/mol. The Morgan fingerprint density at radius 3 is 2.62 bits per heavy atom. The van der Waals surface area contributed by atoms with Gasteiger partial charge in [0.15, 0.2) is 0 Å². The third kappa shape index (κ3) is 2.96. The van der Waals surface area contributed by atoms with Crippen molar-refractivity contribution in [3.63, 3.8) is 0 Å². The highest BCUT2D eigenvalue weighted by molar-refractivity contribution is 6.33. The molecule has 4 nitrogen and oxygen atoms in total. The van der Waals surface area contributed by atoms with Gasteiger partial charge in [-0.3, -0.25) is 4.79 Å². The molecule has 0 unspecified atom stereocenters. The Bertz CT molecular complexity index is 457. The normalized spacial score (nSPS) is 10.7. The topological polar surface area (TPSA) is 78.9 Å².